The van der Waals surface area contributed by atoms with E-state index in [0.29, 0.717) is 6.42 Å². The number of hydrogen-bond donors (Lipinski definition) is 1. The molecule has 1 atom stereocenters. The first-order chi connectivity index (χ1) is 7.94. The summed E-state index contributed by atoms with van der Waals surface area (Å²) in [7, 11) is 0.442. The van der Waals surface area contributed by atoms with Gasteiger partial charge in [0.15, 0.2) is 0 Å². The third-order valence-electron chi connectivity index (χ3n) is 2.55. The number of sulfone groups is 1. The Balaban J connectivity index is 2.67. The fraction of sp³-hybridized carbons (Fsp3) is 0.500. The molecule has 4 nitrogen and oxygen atoms in total. The summed E-state index contributed by atoms with van der Waals surface area (Å²) in [5, 5.41) is 3.03. The second-order valence-electron chi connectivity index (χ2n) is 4.13. The van der Waals surface area contributed by atoms with Gasteiger partial charge in [0.25, 0.3) is 0 Å². The summed E-state index contributed by atoms with van der Waals surface area (Å²) < 4.78 is 27.5. The van der Waals surface area contributed by atoms with Crippen LogP contribution in [0.1, 0.15) is 5.56 Å². The molecule has 0 amide bonds. The van der Waals surface area contributed by atoms with Crippen molar-refractivity contribution in [1.29, 1.82) is 0 Å². The Hall–Kier alpha value is -1.07. The van der Waals surface area contributed by atoms with Crippen LogP contribution < -0.4 is 10.1 Å². The highest BCUT2D eigenvalue weighted by molar-refractivity contribution is 7.90. The summed E-state index contributed by atoms with van der Waals surface area (Å²) in [6.07, 6.45) is 1.94. The predicted molar refractivity (Wildman–Crippen MR) is 69.3 cm³/mol. The van der Waals surface area contributed by atoms with Crippen molar-refractivity contribution >= 4 is 9.84 Å². The maximum Gasteiger partial charge on any atom is 0.148 e. The zero-order valence-electron chi connectivity index (χ0n) is 10.4. The number of hydrogen-bond acceptors (Lipinski definition) is 4. The number of likely N-dealkylation sites (N-methyl/N-ethyl adjacent to an activating group) is 1. The predicted octanol–water partition coefficient (Wildman–Crippen LogP) is 0.870. The second kappa shape index (κ2) is 6.02. The molecule has 96 valence electrons. The summed E-state index contributed by atoms with van der Waals surface area (Å²) in [5.41, 5.74) is 1.09. The summed E-state index contributed by atoms with van der Waals surface area (Å²) in [4.78, 5) is 0. The van der Waals surface area contributed by atoms with E-state index in [0.717, 1.165) is 11.3 Å². The molecule has 1 unspecified atom stereocenters. The third-order valence-corrected chi connectivity index (χ3v) is 3.56. The van der Waals surface area contributed by atoms with E-state index in [1.807, 2.05) is 24.3 Å². The quantitative estimate of drug-likeness (QED) is 0.821. The lowest BCUT2D eigenvalue weighted by Crippen LogP contribution is -2.34. The van der Waals surface area contributed by atoms with Crippen LogP contribution in [0.2, 0.25) is 0 Å². The maximum absolute atomic E-state index is 11.2. The molecule has 0 radical (unpaired) electrons. The van der Waals surface area contributed by atoms with Gasteiger partial charge in [-0.1, -0.05) is 12.1 Å². The first-order valence-electron chi connectivity index (χ1n) is 5.42. The van der Waals surface area contributed by atoms with E-state index in [2.05, 4.69) is 5.32 Å². The molecule has 1 aromatic carbocycles. The molecule has 0 aliphatic heterocycles. The van der Waals surface area contributed by atoms with Gasteiger partial charge in [-0.2, -0.15) is 0 Å². The summed E-state index contributed by atoms with van der Waals surface area (Å²) in [6, 6.07) is 7.60. The monoisotopic (exact) mass is 257 g/mol. The highest BCUT2D eigenvalue weighted by Gasteiger charge is 2.13. The van der Waals surface area contributed by atoms with Crippen LogP contribution in [-0.4, -0.2) is 40.6 Å². The first kappa shape index (κ1) is 14.0. The normalized spacial score (nSPS) is 13.4. The zero-order chi connectivity index (χ0) is 12.9. The Morgan fingerprint density at radius 3 is 2.29 bits per heavy atom. The van der Waals surface area contributed by atoms with Crippen LogP contribution in [0.15, 0.2) is 24.3 Å². The third kappa shape index (κ3) is 5.19. The van der Waals surface area contributed by atoms with E-state index in [9.17, 15) is 8.42 Å². The van der Waals surface area contributed by atoms with Gasteiger partial charge in [-0.3, -0.25) is 0 Å². The summed E-state index contributed by atoms with van der Waals surface area (Å²) in [6.45, 7) is 0. The molecule has 0 aliphatic carbocycles. The van der Waals surface area contributed by atoms with E-state index >= 15 is 0 Å². The van der Waals surface area contributed by atoms with Crippen LogP contribution in [-0.2, 0) is 16.3 Å². The standard InChI is InChI=1S/C12H19NO3S/c1-13-11(9-17(3,14)15)8-10-4-6-12(16-2)7-5-10/h4-7,11,13H,8-9H2,1-3H3. The van der Waals surface area contributed by atoms with E-state index in [1.165, 1.54) is 6.26 Å². The minimum atomic E-state index is -2.96. The molecule has 0 fully saturated rings. The lowest BCUT2D eigenvalue weighted by molar-refractivity contribution is 0.414. The van der Waals surface area contributed by atoms with Crippen LogP contribution >= 0.6 is 0 Å². The SMILES string of the molecule is CNC(Cc1ccc(OC)cc1)CS(C)(=O)=O. The summed E-state index contributed by atoms with van der Waals surface area (Å²) in [5.74, 6) is 0.952. The van der Waals surface area contributed by atoms with E-state index in [1.54, 1.807) is 14.2 Å². The Morgan fingerprint density at radius 2 is 1.88 bits per heavy atom. The number of ether oxygens (including phenoxy) is 1. The van der Waals surface area contributed by atoms with Gasteiger partial charge in [-0.15, -0.1) is 0 Å². The molecular formula is C12H19NO3S. The van der Waals surface area contributed by atoms with Crippen molar-refractivity contribution in [3.8, 4) is 5.75 Å². The van der Waals surface area contributed by atoms with Gasteiger partial charge < -0.3 is 10.1 Å². The molecule has 0 bridgehead atoms. The molecule has 17 heavy (non-hydrogen) atoms. The molecular weight excluding hydrogens is 238 g/mol. The fourth-order valence-corrected chi connectivity index (χ4v) is 2.67. The average molecular weight is 257 g/mol. The Bertz CT molecular complexity index is 439. The average Bonchev–Trinajstić information content (AvgIpc) is 2.27. The van der Waals surface area contributed by atoms with Gasteiger partial charge in [0.1, 0.15) is 15.6 Å². The highest BCUT2D eigenvalue weighted by atomic mass is 32.2. The number of nitrogens with one attached hydrogen (secondary N) is 1. The van der Waals surface area contributed by atoms with Crippen molar-refractivity contribution in [2.24, 2.45) is 0 Å². The van der Waals surface area contributed by atoms with E-state index < -0.39 is 9.84 Å². The van der Waals surface area contributed by atoms with Crippen molar-refractivity contribution in [1.82, 2.24) is 5.32 Å². The van der Waals surface area contributed by atoms with Gasteiger partial charge in [0.2, 0.25) is 0 Å². The van der Waals surface area contributed by atoms with Crippen molar-refractivity contribution in [2.45, 2.75) is 12.5 Å². The first-order valence-corrected chi connectivity index (χ1v) is 7.48. The molecule has 5 heteroatoms. The minimum absolute atomic E-state index is 0.0570. The molecule has 1 N–H and O–H groups in total. The molecule has 0 heterocycles. The topological polar surface area (TPSA) is 55.4 Å². The zero-order valence-corrected chi connectivity index (χ0v) is 11.3. The number of benzene rings is 1. The van der Waals surface area contributed by atoms with Crippen molar-refractivity contribution < 1.29 is 13.2 Å². The second-order valence-corrected chi connectivity index (χ2v) is 6.32. The van der Waals surface area contributed by atoms with Crippen molar-refractivity contribution in [3.63, 3.8) is 0 Å². The van der Waals surface area contributed by atoms with Gasteiger partial charge in [-0.05, 0) is 31.2 Å². The molecule has 0 saturated heterocycles. The highest BCUT2D eigenvalue weighted by Crippen LogP contribution is 2.13. The van der Waals surface area contributed by atoms with Crippen LogP contribution in [0.25, 0.3) is 0 Å². The summed E-state index contributed by atoms with van der Waals surface area (Å²) >= 11 is 0. The lowest BCUT2D eigenvalue weighted by atomic mass is 10.1. The minimum Gasteiger partial charge on any atom is -0.497 e. The maximum atomic E-state index is 11.2. The Morgan fingerprint density at radius 1 is 1.29 bits per heavy atom. The Labute approximate surface area is 103 Å². The molecule has 1 aromatic rings. The molecule has 0 aliphatic rings. The molecule has 0 spiro atoms. The van der Waals surface area contributed by atoms with Crippen LogP contribution in [0.4, 0.5) is 0 Å². The molecule has 1 rings (SSSR count). The van der Waals surface area contributed by atoms with Gasteiger partial charge in [0.05, 0.1) is 12.9 Å². The van der Waals surface area contributed by atoms with E-state index in [4.69, 9.17) is 4.74 Å². The van der Waals surface area contributed by atoms with Gasteiger partial charge in [-0.25, -0.2) is 8.42 Å². The fourth-order valence-electron chi connectivity index (χ4n) is 1.66. The smallest absolute Gasteiger partial charge is 0.148 e. The molecule has 0 saturated carbocycles. The van der Waals surface area contributed by atoms with Crippen molar-refractivity contribution in [3.05, 3.63) is 29.8 Å². The van der Waals surface area contributed by atoms with Crippen LogP contribution in [0, 0.1) is 0 Å². The Kier molecular flexibility index (Phi) is 4.96. The van der Waals surface area contributed by atoms with Crippen LogP contribution in [0.5, 0.6) is 5.75 Å². The largest absolute Gasteiger partial charge is 0.497 e. The molecule has 0 aromatic heterocycles. The number of methoxy groups -OCH3 is 1. The lowest BCUT2D eigenvalue weighted by Gasteiger charge is -2.15. The van der Waals surface area contributed by atoms with Gasteiger partial charge in [0, 0.05) is 12.3 Å². The van der Waals surface area contributed by atoms with Crippen molar-refractivity contribution in [2.75, 3.05) is 26.2 Å². The van der Waals surface area contributed by atoms with Crippen LogP contribution in [0.3, 0.4) is 0 Å². The number of rotatable bonds is 6. The van der Waals surface area contributed by atoms with Gasteiger partial charge >= 0.3 is 0 Å². The van der Waals surface area contributed by atoms with E-state index in [-0.39, 0.29) is 11.8 Å².